The summed E-state index contributed by atoms with van der Waals surface area (Å²) in [5.74, 6) is -0.301. The summed E-state index contributed by atoms with van der Waals surface area (Å²) in [7, 11) is 0. The second kappa shape index (κ2) is 7.26. The molecule has 0 aliphatic carbocycles. The SMILES string of the molecule is CCOC(=O)c1nc(-c2ccc(C(F)(F)F)cc2)[nH]c1-c1ccc(C)cc1. The molecule has 3 aromatic rings. The van der Waals surface area contributed by atoms with Gasteiger partial charge in [0.2, 0.25) is 0 Å². The van der Waals surface area contributed by atoms with Crippen molar-refractivity contribution in [1.82, 2.24) is 9.97 Å². The molecule has 0 aliphatic heterocycles. The second-order valence-corrected chi connectivity index (χ2v) is 5.97. The molecule has 0 saturated carbocycles. The fourth-order valence-corrected chi connectivity index (χ4v) is 2.60. The molecule has 0 saturated heterocycles. The Balaban J connectivity index is 2.05. The van der Waals surface area contributed by atoms with E-state index in [2.05, 4.69) is 9.97 Å². The van der Waals surface area contributed by atoms with Gasteiger partial charge in [0.1, 0.15) is 5.82 Å². The summed E-state index contributed by atoms with van der Waals surface area (Å²) in [5, 5.41) is 0. The smallest absolute Gasteiger partial charge is 0.416 e. The summed E-state index contributed by atoms with van der Waals surface area (Å²) in [5.41, 5.74) is 2.03. The van der Waals surface area contributed by atoms with E-state index in [1.54, 1.807) is 6.92 Å². The third kappa shape index (κ3) is 4.02. The number of nitrogens with zero attached hydrogens (tertiary/aromatic N) is 1. The largest absolute Gasteiger partial charge is 0.461 e. The predicted molar refractivity (Wildman–Crippen MR) is 95.2 cm³/mol. The summed E-state index contributed by atoms with van der Waals surface area (Å²) in [6.07, 6.45) is -4.41. The monoisotopic (exact) mass is 374 g/mol. The predicted octanol–water partition coefficient (Wildman–Crippen LogP) is 5.25. The first kappa shape index (κ1) is 18.7. The van der Waals surface area contributed by atoms with Crippen LogP contribution in [-0.4, -0.2) is 22.5 Å². The van der Waals surface area contributed by atoms with E-state index in [-0.39, 0.29) is 12.3 Å². The number of aromatic nitrogens is 2. The van der Waals surface area contributed by atoms with E-state index in [1.807, 2.05) is 31.2 Å². The maximum atomic E-state index is 12.8. The van der Waals surface area contributed by atoms with Gasteiger partial charge in [0.05, 0.1) is 17.9 Å². The van der Waals surface area contributed by atoms with Crippen molar-refractivity contribution in [2.75, 3.05) is 6.61 Å². The number of nitrogens with one attached hydrogen (secondary N) is 1. The number of aryl methyl sites for hydroxylation is 1. The zero-order valence-corrected chi connectivity index (χ0v) is 14.7. The quantitative estimate of drug-likeness (QED) is 0.635. The summed E-state index contributed by atoms with van der Waals surface area (Å²) >= 11 is 0. The van der Waals surface area contributed by atoms with Crippen LogP contribution in [0.15, 0.2) is 48.5 Å². The second-order valence-electron chi connectivity index (χ2n) is 5.97. The maximum absolute atomic E-state index is 12.8. The molecule has 0 amide bonds. The molecule has 0 atom stereocenters. The molecule has 2 aromatic carbocycles. The molecular formula is C20H17F3N2O2. The van der Waals surface area contributed by atoms with Crippen LogP contribution in [-0.2, 0) is 10.9 Å². The van der Waals surface area contributed by atoms with Crippen molar-refractivity contribution in [2.45, 2.75) is 20.0 Å². The van der Waals surface area contributed by atoms with Crippen LogP contribution in [0.5, 0.6) is 0 Å². The van der Waals surface area contributed by atoms with Gasteiger partial charge in [-0.1, -0.05) is 42.0 Å². The number of carbonyl (C=O) groups is 1. The van der Waals surface area contributed by atoms with Crippen LogP contribution in [0.4, 0.5) is 13.2 Å². The number of H-pyrrole nitrogens is 1. The Bertz CT molecular complexity index is 943. The zero-order chi connectivity index (χ0) is 19.6. The van der Waals surface area contributed by atoms with E-state index in [9.17, 15) is 18.0 Å². The molecule has 0 aliphatic rings. The number of carbonyl (C=O) groups excluding carboxylic acids is 1. The van der Waals surface area contributed by atoms with Crippen molar-refractivity contribution in [3.8, 4) is 22.6 Å². The summed E-state index contributed by atoms with van der Waals surface area (Å²) in [4.78, 5) is 19.6. The first-order chi connectivity index (χ1) is 12.8. The van der Waals surface area contributed by atoms with Crippen molar-refractivity contribution in [3.05, 3.63) is 65.4 Å². The molecule has 0 radical (unpaired) electrons. The molecule has 1 N–H and O–H groups in total. The lowest BCUT2D eigenvalue weighted by atomic mass is 10.1. The van der Waals surface area contributed by atoms with E-state index in [4.69, 9.17) is 4.74 Å². The van der Waals surface area contributed by atoms with Crippen LogP contribution in [0.2, 0.25) is 0 Å². The average Bonchev–Trinajstić information content (AvgIpc) is 3.07. The van der Waals surface area contributed by atoms with E-state index in [0.29, 0.717) is 17.1 Å². The number of halogens is 3. The molecule has 7 heteroatoms. The number of imidazole rings is 1. The molecule has 140 valence electrons. The fraction of sp³-hybridized carbons (Fsp3) is 0.200. The van der Waals surface area contributed by atoms with Crippen LogP contribution in [0.25, 0.3) is 22.6 Å². The molecule has 0 unspecified atom stereocenters. The molecule has 0 bridgehead atoms. The van der Waals surface area contributed by atoms with Crippen LogP contribution in [0, 0.1) is 6.92 Å². The maximum Gasteiger partial charge on any atom is 0.416 e. The lowest BCUT2D eigenvalue weighted by Gasteiger charge is -2.06. The number of alkyl halides is 3. The number of rotatable bonds is 4. The summed E-state index contributed by atoms with van der Waals surface area (Å²) < 4.78 is 43.3. The fourth-order valence-electron chi connectivity index (χ4n) is 2.60. The van der Waals surface area contributed by atoms with Crippen LogP contribution in [0.1, 0.15) is 28.5 Å². The molecule has 3 rings (SSSR count). The van der Waals surface area contributed by atoms with Crippen molar-refractivity contribution < 1.29 is 22.7 Å². The minimum absolute atomic E-state index is 0.0931. The van der Waals surface area contributed by atoms with Crippen LogP contribution >= 0.6 is 0 Å². The van der Waals surface area contributed by atoms with Gasteiger partial charge < -0.3 is 9.72 Å². The Labute approximate surface area is 154 Å². The number of benzene rings is 2. The standard InChI is InChI=1S/C20H17F3N2O2/c1-3-27-19(26)17-16(13-6-4-12(2)5-7-13)24-18(25-17)14-8-10-15(11-9-14)20(21,22)23/h4-11H,3H2,1-2H3,(H,24,25). The van der Waals surface area contributed by atoms with E-state index in [1.165, 1.54) is 12.1 Å². The minimum Gasteiger partial charge on any atom is -0.461 e. The highest BCUT2D eigenvalue weighted by Crippen LogP contribution is 2.32. The Morgan fingerprint density at radius 3 is 2.19 bits per heavy atom. The van der Waals surface area contributed by atoms with E-state index < -0.39 is 17.7 Å². The van der Waals surface area contributed by atoms with E-state index >= 15 is 0 Å². The van der Waals surface area contributed by atoms with Gasteiger partial charge in [-0.05, 0) is 26.0 Å². The van der Waals surface area contributed by atoms with Crippen molar-refractivity contribution in [1.29, 1.82) is 0 Å². The van der Waals surface area contributed by atoms with Gasteiger partial charge in [-0.25, -0.2) is 9.78 Å². The Hall–Kier alpha value is -3.09. The highest BCUT2D eigenvalue weighted by atomic mass is 19.4. The molecule has 0 spiro atoms. The van der Waals surface area contributed by atoms with Crippen molar-refractivity contribution in [3.63, 3.8) is 0 Å². The van der Waals surface area contributed by atoms with Crippen LogP contribution < -0.4 is 0 Å². The van der Waals surface area contributed by atoms with Crippen molar-refractivity contribution >= 4 is 5.97 Å². The van der Waals surface area contributed by atoms with Crippen molar-refractivity contribution in [2.24, 2.45) is 0 Å². The Morgan fingerprint density at radius 2 is 1.63 bits per heavy atom. The Kier molecular flexibility index (Phi) is 5.03. The van der Waals surface area contributed by atoms with Gasteiger partial charge in [0.15, 0.2) is 5.69 Å². The molecule has 4 nitrogen and oxygen atoms in total. The lowest BCUT2D eigenvalue weighted by Crippen LogP contribution is -2.06. The van der Waals surface area contributed by atoms with Gasteiger partial charge in [0.25, 0.3) is 0 Å². The van der Waals surface area contributed by atoms with Gasteiger partial charge in [-0.3, -0.25) is 0 Å². The third-order valence-corrected chi connectivity index (χ3v) is 4.00. The minimum atomic E-state index is -4.41. The first-order valence-electron chi connectivity index (χ1n) is 8.31. The third-order valence-electron chi connectivity index (χ3n) is 4.00. The zero-order valence-electron chi connectivity index (χ0n) is 14.7. The normalized spacial score (nSPS) is 11.4. The first-order valence-corrected chi connectivity index (χ1v) is 8.31. The van der Waals surface area contributed by atoms with Gasteiger partial charge in [-0.15, -0.1) is 0 Å². The molecule has 27 heavy (non-hydrogen) atoms. The Morgan fingerprint density at radius 1 is 1.04 bits per heavy atom. The number of hydrogen-bond acceptors (Lipinski definition) is 3. The number of hydrogen-bond donors (Lipinski definition) is 1. The average molecular weight is 374 g/mol. The molecular weight excluding hydrogens is 357 g/mol. The lowest BCUT2D eigenvalue weighted by molar-refractivity contribution is -0.137. The number of aromatic amines is 1. The van der Waals surface area contributed by atoms with Gasteiger partial charge in [-0.2, -0.15) is 13.2 Å². The summed E-state index contributed by atoms with van der Waals surface area (Å²) in [6.45, 7) is 3.82. The summed E-state index contributed by atoms with van der Waals surface area (Å²) in [6, 6.07) is 12.0. The van der Waals surface area contributed by atoms with Crippen LogP contribution in [0.3, 0.4) is 0 Å². The number of esters is 1. The van der Waals surface area contributed by atoms with E-state index in [0.717, 1.165) is 23.3 Å². The van der Waals surface area contributed by atoms with Gasteiger partial charge >= 0.3 is 12.1 Å². The highest BCUT2D eigenvalue weighted by molar-refractivity contribution is 5.95. The molecule has 0 fully saturated rings. The topological polar surface area (TPSA) is 55.0 Å². The molecule has 1 aromatic heterocycles. The number of ether oxygens (including phenoxy) is 1. The molecule has 1 heterocycles. The highest BCUT2D eigenvalue weighted by Gasteiger charge is 2.30. The van der Waals surface area contributed by atoms with Gasteiger partial charge in [0, 0.05) is 11.1 Å².